The fourth-order valence-corrected chi connectivity index (χ4v) is 2.50. The van der Waals surface area contributed by atoms with E-state index in [1.807, 2.05) is 6.92 Å². The van der Waals surface area contributed by atoms with Gasteiger partial charge in [0.2, 0.25) is 0 Å². The van der Waals surface area contributed by atoms with Crippen molar-refractivity contribution in [3.05, 3.63) is 0 Å². The summed E-state index contributed by atoms with van der Waals surface area (Å²) in [5.41, 5.74) is -0.809. The van der Waals surface area contributed by atoms with Gasteiger partial charge in [-0.05, 0) is 39.7 Å². The van der Waals surface area contributed by atoms with Crippen molar-refractivity contribution >= 4 is 5.97 Å². The van der Waals surface area contributed by atoms with E-state index in [1.54, 1.807) is 13.8 Å². The van der Waals surface area contributed by atoms with Gasteiger partial charge >= 0.3 is 5.97 Å². The Morgan fingerprint density at radius 1 is 1.62 bits per heavy atom. The maximum Gasteiger partial charge on any atom is 0.323 e. The predicted molar refractivity (Wildman–Crippen MR) is 62.5 cm³/mol. The van der Waals surface area contributed by atoms with Gasteiger partial charge in [0.15, 0.2) is 0 Å². The summed E-state index contributed by atoms with van der Waals surface area (Å²) < 4.78 is 5.37. The Kier molecular flexibility index (Phi) is 4.33. The molecule has 1 aliphatic rings. The van der Waals surface area contributed by atoms with Gasteiger partial charge < -0.3 is 9.84 Å². The molecule has 16 heavy (non-hydrogen) atoms. The van der Waals surface area contributed by atoms with Crippen LogP contribution < -0.4 is 0 Å². The van der Waals surface area contributed by atoms with Crippen LogP contribution in [0.15, 0.2) is 0 Å². The van der Waals surface area contributed by atoms with E-state index in [4.69, 9.17) is 4.74 Å². The van der Waals surface area contributed by atoms with E-state index in [0.717, 1.165) is 26.2 Å². The van der Waals surface area contributed by atoms with Gasteiger partial charge in [0.05, 0.1) is 6.61 Å². The third-order valence-electron chi connectivity index (χ3n) is 3.72. The fraction of sp³-hybridized carbons (Fsp3) is 0.917. The van der Waals surface area contributed by atoms with Crippen LogP contribution in [0.5, 0.6) is 0 Å². The number of carboxylic acid groups (broad SMARTS) is 1. The number of nitrogens with zero attached hydrogens (tertiary/aromatic N) is 1. The lowest BCUT2D eigenvalue weighted by Gasteiger charge is -2.41. The second-order valence-corrected chi connectivity index (χ2v) is 5.01. The van der Waals surface area contributed by atoms with Gasteiger partial charge in [0.1, 0.15) is 5.54 Å². The molecule has 2 atom stereocenters. The molecular weight excluding hydrogens is 206 g/mol. The van der Waals surface area contributed by atoms with Crippen LogP contribution >= 0.6 is 0 Å². The highest BCUT2D eigenvalue weighted by molar-refractivity contribution is 5.77. The second-order valence-electron chi connectivity index (χ2n) is 5.01. The molecule has 94 valence electrons. The average Bonchev–Trinajstić information content (AvgIpc) is 2.70. The van der Waals surface area contributed by atoms with Crippen LogP contribution in [-0.4, -0.2) is 47.3 Å². The minimum Gasteiger partial charge on any atom is -0.480 e. The number of carbonyl (C=O) groups is 1. The fourth-order valence-electron chi connectivity index (χ4n) is 2.50. The molecule has 0 amide bonds. The third-order valence-corrected chi connectivity index (χ3v) is 3.72. The summed E-state index contributed by atoms with van der Waals surface area (Å²) in [6.45, 7) is 9.96. The van der Waals surface area contributed by atoms with Gasteiger partial charge in [0.25, 0.3) is 0 Å². The molecule has 0 aromatic carbocycles. The number of aliphatic carboxylic acids is 1. The maximum absolute atomic E-state index is 11.3. The van der Waals surface area contributed by atoms with Crippen LogP contribution in [0.2, 0.25) is 0 Å². The second kappa shape index (κ2) is 5.15. The van der Waals surface area contributed by atoms with E-state index in [9.17, 15) is 9.90 Å². The highest BCUT2D eigenvalue weighted by Crippen LogP contribution is 2.26. The zero-order valence-electron chi connectivity index (χ0n) is 10.7. The van der Waals surface area contributed by atoms with Crippen LogP contribution in [-0.2, 0) is 9.53 Å². The lowest BCUT2D eigenvalue weighted by atomic mass is 9.93. The molecule has 0 bridgehead atoms. The van der Waals surface area contributed by atoms with Gasteiger partial charge in [-0.25, -0.2) is 0 Å². The number of hydrogen-bond donors (Lipinski definition) is 1. The first-order valence-corrected chi connectivity index (χ1v) is 5.99. The molecule has 1 rings (SSSR count). The Balaban J connectivity index is 2.76. The highest BCUT2D eigenvalue weighted by Gasteiger charge is 2.39. The predicted octanol–water partition coefficient (Wildman–Crippen LogP) is 1.60. The molecule has 2 unspecified atom stereocenters. The topological polar surface area (TPSA) is 49.8 Å². The Morgan fingerprint density at radius 3 is 2.62 bits per heavy atom. The molecule has 0 aliphatic carbocycles. The third kappa shape index (κ3) is 2.55. The molecule has 0 saturated carbocycles. The number of ether oxygens (including phenoxy) is 1. The molecule has 0 aromatic rings. The van der Waals surface area contributed by atoms with Gasteiger partial charge in [-0.1, -0.05) is 6.92 Å². The molecule has 4 nitrogen and oxygen atoms in total. The summed E-state index contributed by atoms with van der Waals surface area (Å²) in [6, 6.07) is 0.249. The molecule has 1 aliphatic heterocycles. The normalized spacial score (nSPS) is 23.7. The van der Waals surface area contributed by atoms with E-state index >= 15 is 0 Å². The first-order chi connectivity index (χ1) is 7.41. The lowest BCUT2D eigenvalue weighted by molar-refractivity contribution is -0.151. The van der Waals surface area contributed by atoms with Gasteiger partial charge in [-0.2, -0.15) is 0 Å². The number of likely N-dealkylation sites (N-methyl/N-ethyl adjacent to an activating group) is 1. The summed E-state index contributed by atoms with van der Waals surface area (Å²) in [5.74, 6) is -0.307. The Bertz CT molecular complexity index is 247. The van der Waals surface area contributed by atoms with Crippen molar-refractivity contribution in [2.75, 3.05) is 19.8 Å². The van der Waals surface area contributed by atoms with Crippen molar-refractivity contribution < 1.29 is 14.6 Å². The zero-order chi connectivity index (χ0) is 12.3. The minimum atomic E-state index is -0.809. The SMILES string of the molecule is CCN(C(C)C1CCOC1)C(C)(C)C(=O)O. The summed E-state index contributed by atoms with van der Waals surface area (Å²) >= 11 is 0. The summed E-state index contributed by atoms with van der Waals surface area (Å²) in [7, 11) is 0. The monoisotopic (exact) mass is 229 g/mol. The van der Waals surface area contributed by atoms with Crippen LogP contribution in [0.4, 0.5) is 0 Å². The molecule has 0 spiro atoms. The molecule has 4 heteroatoms. The van der Waals surface area contributed by atoms with Gasteiger partial charge in [-0.3, -0.25) is 9.69 Å². The van der Waals surface area contributed by atoms with Crippen LogP contribution in [0.3, 0.4) is 0 Å². The number of rotatable bonds is 5. The lowest BCUT2D eigenvalue weighted by Crippen LogP contribution is -2.55. The first kappa shape index (κ1) is 13.5. The van der Waals surface area contributed by atoms with E-state index in [0.29, 0.717) is 5.92 Å². The Hall–Kier alpha value is -0.610. The Labute approximate surface area is 97.6 Å². The van der Waals surface area contributed by atoms with Crippen molar-refractivity contribution in [1.82, 2.24) is 4.90 Å². The van der Waals surface area contributed by atoms with E-state index in [-0.39, 0.29) is 6.04 Å². The maximum atomic E-state index is 11.3. The standard InChI is InChI=1S/C12H23NO3/c1-5-13(12(3,4)11(14)15)9(2)10-6-7-16-8-10/h9-10H,5-8H2,1-4H3,(H,14,15). The van der Waals surface area contributed by atoms with Crippen molar-refractivity contribution in [2.45, 2.75) is 45.7 Å². The number of hydrogen-bond acceptors (Lipinski definition) is 3. The minimum absolute atomic E-state index is 0.249. The van der Waals surface area contributed by atoms with Crippen LogP contribution in [0.25, 0.3) is 0 Å². The quantitative estimate of drug-likeness (QED) is 0.778. The molecule has 1 N–H and O–H groups in total. The van der Waals surface area contributed by atoms with Crippen molar-refractivity contribution in [3.8, 4) is 0 Å². The Morgan fingerprint density at radius 2 is 2.25 bits per heavy atom. The molecule has 0 radical (unpaired) electrons. The smallest absolute Gasteiger partial charge is 0.323 e. The molecule has 1 fully saturated rings. The molecule has 0 aromatic heterocycles. The summed E-state index contributed by atoms with van der Waals surface area (Å²) in [5, 5.41) is 9.26. The van der Waals surface area contributed by atoms with E-state index in [2.05, 4.69) is 11.8 Å². The van der Waals surface area contributed by atoms with Gasteiger partial charge in [-0.15, -0.1) is 0 Å². The van der Waals surface area contributed by atoms with Crippen LogP contribution in [0.1, 0.15) is 34.1 Å². The zero-order valence-corrected chi connectivity index (χ0v) is 10.7. The highest BCUT2D eigenvalue weighted by atomic mass is 16.5. The average molecular weight is 229 g/mol. The van der Waals surface area contributed by atoms with Crippen molar-refractivity contribution in [2.24, 2.45) is 5.92 Å². The van der Waals surface area contributed by atoms with E-state index < -0.39 is 11.5 Å². The van der Waals surface area contributed by atoms with Crippen LogP contribution in [0, 0.1) is 5.92 Å². The molecule has 1 saturated heterocycles. The van der Waals surface area contributed by atoms with Crippen molar-refractivity contribution in [1.29, 1.82) is 0 Å². The van der Waals surface area contributed by atoms with Crippen molar-refractivity contribution in [3.63, 3.8) is 0 Å². The summed E-state index contributed by atoms with van der Waals surface area (Å²) in [6.07, 6.45) is 1.04. The van der Waals surface area contributed by atoms with Gasteiger partial charge in [0, 0.05) is 12.6 Å². The summed E-state index contributed by atoms with van der Waals surface area (Å²) in [4.78, 5) is 13.3. The van der Waals surface area contributed by atoms with E-state index in [1.165, 1.54) is 0 Å². The first-order valence-electron chi connectivity index (χ1n) is 5.99. The molecular formula is C12H23NO3. The molecule has 1 heterocycles. The number of carboxylic acids is 1. The largest absolute Gasteiger partial charge is 0.480 e.